The molecular formula is C25H17NO4. The third-order valence-corrected chi connectivity index (χ3v) is 5.15. The molecule has 0 N–H and O–H groups in total. The van der Waals surface area contributed by atoms with E-state index in [-0.39, 0.29) is 19.0 Å². The van der Waals surface area contributed by atoms with Gasteiger partial charge in [-0.25, -0.2) is 4.79 Å². The van der Waals surface area contributed by atoms with Crippen LogP contribution in [-0.2, 0) is 22.6 Å². The standard InChI is InChI=1S/C25H17NO4/c27-22(13-18-7-3-6-17-8-4-12-26-25(17)18)29-15-19-14-23(28)30-21-11-10-16-5-1-2-9-20(16)24(19)21/h1-12,14H,13,15H2. The second-order valence-corrected chi connectivity index (χ2v) is 7.08. The van der Waals surface area contributed by atoms with Gasteiger partial charge in [-0.05, 0) is 28.5 Å². The van der Waals surface area contributed by atoms with Crippen molar-refractivity contribution in [1.82, 2.24) is 4.98 Å². The molecule has 0 saturated heterocycles. The molecular weight excluding hydrogens is 378 g/mol. The zero-order chi connectivity index (χ0) is 20.5. The third-order valence-electron chi connectivity index (χ3n) is 5.15. The molecule has 0 amide bonds. The Hall–Kier alpha value is -3.99. The Balaban J connectivity index is 1.45. The highest BCUT2D eigenvalue weighted by Crippen LogP contribution is 2.28. The van der Waals surface area contributed by atoms with Gasteiger partial charge in [-0.1, -0.05) is 54.6 Å². The summed E-state index contributed by atoms with van der Waals surface area (Å²) in [6.45, 7) is -0.00681. The molecule has 0 radical (unpaired) electrons. The largest absolute Gasteiger partial charge is 0.461 e. The summed E-state index contributed by atoms with van der Waals surface area (Å²) < 4.78 is 10.9. The Labute approximate surface area is 171 Å². The fraction of sp³-hybridized carbons (Fsp3) is 0.0800. The van der Waals surface area contributed by atoms with Gasteiger partial charge in [0.15, 0.2) is 0 Å². The summed E-state index contributed by atoms with van der Waals surface area (Å²) in [7, 11) is 0. The predicted molar refractivity (Wildman–Crippen MR) is 115 cm³/mol. The lowest BCUT2D eigenvalue weighted by Gasteiger charge is -2.10. The van der Waals surface area contributed by atoms with Crippen molar-refractivity contribution >= 4 is 38.6 Å². The van der Waals surface area contributed by atoms with Crippen LogP contribution in [0, 0.1) is 0 Å². The molecule has 5 rings (SSSR count). The Kier molecular flexibility index (Phi) is 4.48. The number of aromatic nitrogens is 1. The number of para-hydroxylation sites is 1. The van der Waals surface area contributed by atoms with Crippen molar-refractivity contribution in [1.29, 1.82) is 0 Å². The Bertz CT molecular complexity index is 1460. The molecule has 5 aromatic rings. The molecule has 2 aromatic heterocycles. The second kappa shape index (κ2) is 7.44. The van der Waals surface area contributed by atoms with Crippen LogP contribution in [0.2, 0.25) is 0 Å². The lowest BCUT2D eigenvalue weighted by atomic mass is 10.0. The summed E-state index contributed by atoms with van der Waals surface area (Å²) in [5, 5.41) is 3.73. The number of benzene rings is 3. The van der Waals surface area contributed by atoms with E-state index in [0.717, 1.165) is 32.6 Å². The maximum absolute atomic E-state index is 12.6. The van der Waals surface area contributed by atoms with Gasteiger partial charge in [0.2, 0.25) is 0 Å². The molecule has 2 heterocycles. The highest BCUT2D eigenvalue weighted by Gasteiger charge is 2.13. The van der Waals surface area contributed by atoms with Crippen molar-refractivity contribution in [3.63, 3.8) is 0 Å². The molecule has 3 aromatic carbocycles. The average molecular weight is 395 g/mol. The summed E-state index contributed by atoms with van der Waals surface area (Å²) in [5.74, 6) is -0.380. The molecule has 0 unspecified atom stereocenters. The maximum Gasteiger partial charge on any atom is 0.336 e. The van der Waals surface area contributed by atoms with Gasteiger partial charge in [0.1, 0.15) is 12.2 Å². The van der Waals surface area contributed by atoms with Gasteiger partial charge in [-0.15, -0.1) is 0 Å². The number of carbonyl (C=O) groups is 1. The molecule has 5 heteroatoms. The number of fused-ring (bicyclic) bond motifs is 4. The van der Waals surface area contributed by atoms with E-state index in [1.807, 2.05) is 60.7 Å². The van der Waals surface area contributed by atoms with Gasteiger partial charge >= 0.3 is 11.6 Å². The minimum absolute atomic E-state index is 0.00681. The summed E-state index contributed by atoms with van der Waals surface area (Å²) in [5.41, 5.74) is 2.23. The molecule has 0 aliphatic carbocycles. The number of pyridine rings is 1. The van der Waals surface area contributed by atoms with Gasteiger partial charge in [-0.2, -0.15) is 0 Å². The average Bonchev–Trinajstić information content (AvgIpc) is 2.77. The van der Waals surface area contributed by atoms with Crippen molar-refractivity contribution in [3.8, 4) is 0 Å². The molecule has 0 fully saturated rings. The van der Waals surface area contributed by atoms with Gasteiger partial charge in [0.05, 0.1) is 11.9 Å². The van der Waals surface area contributed by atoms with Crippen LogP contribution in [0.15, 0.2) is 88.2 Å². The highest BCUT2D eigenvalue weighted by atomic mass is 16.5. The number of hydrogen-bond acceptors (Lipinski definition) is 5. The van der Waals surface area contributed by atoms with Crippen LogP contribution in [0.4, 0.5) is 0 Å². The quantitative estimate of drug-likeness (QED) is 0.249. The van der Waals surface area contributed by atoms with Crippen LogP contribution in [0.3, 0.4) is 0 Å². The van der Waals surface area contributed by atoms with Crippen molar-refractivity contribution in [2.24, 2.45) is 0 Å². The number of ether oxygens (including phenoxy) is 1. The van der Waals surface area contributed by atoms with Crippen LogP contribution < -0.4 is 5.63 Å². The first-order valence-corrected chi connectivity index (χ1v) is 9.62. The number of carbonyl (C=O) groups excluding carboxylic acids is 1. The zero-order valence-electron chi connectivity index (χ0n) is 16.0. The Morgan fingerprint density at radius 3 is 2.67 bits per heavy atom. The Morgan fingerprint density at radius 2 is 1.73 bits per heavy atom. The van der Waals surface area contributed by atoms with Gasteiger partial charge in [-0.3, -0.25) is 9.78 Å². The molecule has 146 valence electrons. The minimum atomic E-state index is -0.470. The van der Waals surface area contributed by atoms with Gasteiger partial charge in [0, 0.05) is 28.6 Å². The molecule has 5 nitrogen and oxygen atoms in total. The molecule has 0 aliphatic heterocycles. The van der Waals surface area contributed by atoms with Gasteiger partial charge < -0.3 is 9.15 Å². The van der Waals surface area contributed by atoms with Crippen LogP contribution in [-0.4, -0.2) is 11.0 Å². The first kappa shape index (κ1) is 18.1. The monoisotopic (exact) mass is 395 g/mol. The van der Waals surface area contributed by atoms with E-state index in [4.69, 9.17) is 9.15 Å². The molecule has 0 atom stereocenters. The van der Waals surface area contributed by atoms with Gasteiger partial charge in [0.25, 0.3) is 0 Å². The minimum Gasteiger partial charge on any atom is -0.461 e. The first-order valence-electron chi connectivity index (χ1n) is 9.62. The Morgan fingerprint density at radius 1 is 0.900 bits per heavy atom. The van der Waals surface area contributed by atoms with Crippen molar-refractivity contribution in [2.75, 3.05) is 0 Å². The van der Waals surface area contributed by atoms with Crippen LogP contribution in [0.25, 0.3) is 32.6 Å². The number of nitrogens with zero attached hydrogens (tertiary/aromatic N) is 1. The lowest BCUT2D eigenvalue weighted by Crippen LogP contribution is -2.10. The summed E-state index contributed by atoms with van der Waals surface area (Å²) in [6, 6.07) is 22.4. The normalized spacial score (nSPS) is 11.2. The summed E-state index contributed by atoms with van der Waals surface area (Å²) in [6.07, 6.45) is 1.81. The fourth-order valence-electron chi connectivity index (χ4n) is 3.81. The van der Waals surface area contributed by atoms with Crippen LogP contribution >= 0.6 is 0 Å². The van der Waals surface area contributed by atoms with Crippen molar-refractivity contribution in [3.05, 3.63) is 101 Å². The van der Waals surface area contributed by atoms with E-state index in [9.17, 15) is 9.59 Å². The van der Waals surface area contributed by atoms with Crippen molar-refractivity contribution < 1.29 is 13.9 Å². The zero-order valence-corrected chi connectivity index (χ0v) is 16.0. The third kappa shape index (κ3) is 3.31. The molecule has 30 heavy (non-hydrogen) atoms. The lowest BCUT2D eigenvalue weighted by molar-refractivity contribution is -0.144. The summed E-state index contributed by atoms with van der Waals surface area (Å²) in [4.78, 5) is 28.9. The van der Waals surface area contributed by atoms with Crippen molar-refractivity contribution in [2.45, 2.75) is 13.0 Å². The smallest absolute Gasteiger partial charge is 0.336 e. The highest BCUT2D eigenvalue weighted by molar-refractivity contribution is 6.07. The van der Waals surface area contributed by atoms with Crippen LogP contribution in [0.5, 0.6) is 0 Å². The molecule has 0 spiro atoms. The predicted octanol–water partition coefficient (Wildman–Crippen LogP) is 4.78. The number of hydrogen-bond donors (Lipinski definition) is 0. The number of rotatable bonds is 4. The first-order chi connectivity index (χ1) is 14.7. The topological polar surface area (TPSA) is 69.4 Å². The molecule has 0 aliphatic rings. The van der Waals surface area contributed by atoms with E-state index in [1.54, 1.807) is 12.3 Å². The maximum atomic E-state index is 12.6. The van der Waals surface area contributed by atoms with E-state index in [1.165, 1.54) is 6.07 Å². The van der Waals surface area contributed by atoms with E-state index in [0.29, 0.717) is 11.1 Å². The molecule has 0 bridgehead atoms. The van der Waals surface area contributed by atoms with E-state index in [2.05, 4.69) is 4.98 Å². The van der Waals surface area contributed by atoms with E-state index < -0.39 is 5.63 Å². The van der Waals surface area contributed by atoms with E-state index >= 15 is 0 Å². The van der Waals surface area contributed by atoms with Crippen LogP contribution in [0.1, 0.15) is 11.1 Å². The number of esters is 1. The molecule has 0 saturated carbocycles. The second-order valence-electron chi connectivity index (χ2n) is 7.08. The fourth-order valence-corrected chi connectivity index (χ4v) is 3.81. The summed E-state index contributed by atoms with van der Waals surface area (Å²) >= 11 is 0. The SMILES string of the molecule is O=C(Cc1cccc2cccnc12)OCc1cc(=O)oc2ccc3ccccc3c12.